The molecule has 7 nitrogen and oxygen atoms in total. The first kappa shape index (κ1) is 15.3. The largest absolute Gasteiger partial charge is 0.482 e. The number of pyridine rings is 1. The van der Waals surface area contributed by atoms with Gasteiger partial charge in [-0.05, 0) is 37.6 Å². The lowest BCUT2D eigenvalue weighted by atomic mass is 10.2. The van der Waals surface area contributed by atoms with E-state index in [0.717, 1.165) is 0 Å². The highest BCUT2D eigenvalue weighted by molar-refractivity contribution is 7.92. The molecule has 0 saturated carbocycles. The number of benzene rings is 1. The minimum absolute atomic E-state index is 0.0932. The van der Waals surface area contributed by atoms with E-state index >= 15 is 0 Å². The van der Waals surface area contributed by atoms with Crippen LogP contribution in [0.2, 0.25) is 0 Å². The third kappa shape index (κ3) is 2.98. The van der Waals surface area contributed by atoms with E-state index in [1.807, 2.05) is 0 Å². The predicted octanol–water partition coefficient (Wildman–Crippen LogP) is 1.83. The first-order valence-corrected chi connectivity index (χ1v) is 8.37. The quantitative estimate of drug-likeness (QED) is 0.893. The molecular weight excluding hydrogens is 318 g/mol. The molecule has 0 radical (unpaired) electrons. The number of sulfonamides is 1. The zero-order valence-corrected chi connectivity index (χ0v) is 13.4. The van der Waals surface area contributed by atoms with Gasteiger partial charge in [0.1, 0.15) is 5.75 Å². The Balaban J connectivity index is 2.00. The number of nitrogens with one attached hydrogen (secondary N) is 2. The number of aromatic nitrogens is 1. The molecule has 1 aliphatic rings. The first-order valence-electron chi connectivity index (χ1n) is 6.88. The molecule has 2 heterocycles. The van der Waals surface area contributed by atoms with E-state index in [2.05, 4.69) is 15.0 Å². The van der Waals surface area contributed by atoms with Crippen molar-refractivity contribution in [3.05, 3.63) is 41.7 Å². The third-order valence-electron chi connectivity index (χ3n) is 3.45. The number of nitrogens with zero attached hydrogens (tertiary/aromatic N) is 1. The number of aryl methyl sites for hydroxylation is 2. The van der Waals surface area contributed by atoms with Crippen molar-refractivity contribution in [1.82, 2.24) is 4.98 Å². The number of carbonyl (C=O) groups excluding carboxylic acids is 1. The molecule has 8 heteroatoms. The van der Waals surface area contributed by atoms with E-state index in [1.165, 1.54) is 6.07 Å². The first-order chi connectivity index (χ1) is 10.9. The molecule has 0 bridgehead atoms. The summed E-state index contributed by atoms with van der Waals surface area (Å²) >= 11 is 0. The van der Waals surface area contributed by atoms with Gasteiger partial charge in [-0.1, -0.05) is 0 Å². The van der Waals surface area contributed by atoms with Crippen molar-refractivity contribution in [1.29, 1.82) is 0 Å². The van der Waals surface area contributed by atoms with Gasteiger partial charge in [-0.15, -0.1) is 0 Å². The van der Waals surface area contributed by atoms with Crippen LogP contribution in [-0.2, 0) is 14.8 Å². The maximum Gasteiger partial charge on any atom is 0.262 e. The molecule has 23 heavy (non-hydrogen) atoms. The van der Waals surface area contributed by atoms with Crippen LogP contribution in [0, 0.1) is 13.8 Å². The lowest BCUT2D eigenvalue weighted by Gasteiger charge is -2.20. The molecule has 0 fully saturated rings. The molecule has 0 spiro atoms. The second kappa shape index (κ2) is 5.54. The van der Waals surface area contributed by atoms with Crippen LogP contribution in [0.5, 0.6) is 5.75 Å². The van der Waals surface area contributed by atoms with Gasteiger partial charge in [-0.3, -0.25) is 14.5 Å². The van der Waals surface area contributed by atoms with Gasteiger partial charge in [0, 0.05) is 12.3 Å². The molecule has 1 amide bonds. The summed E-state index contributed by atoms with van der Waals surface area (Å²) in [4.78, 5) is 15.5. The van der Waals surface area contributed by atoms with Crippen molar-refractivity contribution in [2.24, 2.45) is 0 Å². The van der Waals surface area contributed by atoms with Crippen LogP contribution >= 0.6 is 0 Å². The Bertz CT molecular complexity index is 894. The summed E-state index contributed by atoms with van der Waals surface area (Å²) in [6.07, 6.45) is 1.59. The smallest absolute Gasteiger partial charge is 0.262 e. The molecule has 2 aromatic rings. The summed E-state index contributed by atoms with van der Waals surface area (Å²) < 4.78 is 33.1. The molecule has 0 saturated heterocycles. The minimum Gasteiger partial charge on any atom is -0.482 e. The molecule has 120 valence electrons. The van der Waals surface area contributed by atoms with Gasteiger partial charge in [0.15, 0.2) is 6.61 Å². The van der Waals surface area contributed by atoms with E-state index in [0.29, 0.717) is 28.4 Å². The number of hydrogen-bond donors (Lipinski definition) is 2. The summed E-state index contributed by atoms with van der Waals surface area (Å²) in [5.74, 6) is 0.0649. The fourth-order valence-corrected chi connectivity index (χ4v) is 3.66. The Morgan fingerprint density at radius 3 is 2.83 bits per heavy atom. The summed E-state index contributed by atoms with van der Waals surface area (Å²) in [6.45, 7) is 3.24. The van der Waals surface area contributed by atoms with Gasteiger partial charge in [0.2, 0.25) is 0 Å². The van der Waals surface area contributed by atoms with E-state index in [-0.39, 0.29) is 17.4 Å². The van der Waals surface area contributed by atoms with E-state index in [9.17, 15) is 13.2 Å². The topological polar surface area (TPSA) is 97.4 Å². The molecule has 3 rings (SSSR count). The number of fused-ring (bicyclic) bond motifs is 1. The van der Waals surface area contributed by atoms with Gasteiger partial charge in [-0.2, -0.15) is 0 Å². The van der Waals surface area contributed by atoms with Crippen molar-refractivity contribution >= 4 is 27.3 Å². The summed E-state index contributed by atoms with van der Waals surface area (Å²) in [7, 11) is -3.80. The Morgan fingerprint density at radius 2 is 2.09 bits per heavy atom. The monoisotopic (exact) mass is 333 g/mol. The second-order valence-electron chi connectivity index (χ2n) is 5.19. The zero-order chi connectivity index (χ0) is 16.6. The van der Waals surface area contributed by atoms with E-state index < -0.39 is 10.0 Å². The number of rotatable bonds is 3. The lowest BCUT2D eigenvalue weighted by Crippen LogP contribution is -2.26. The molecule has 2 N–H and O–H groups in total. The second-order valence-corrected chi connectivity index (χ2v) is 6.84. The van der Waals surface area contributed by atoms with Crippen LogP contribution in [0.4, 0.5) is 11.4 Å². The molecule has 1 aromatic heterocycles. The van der Waals surface area contributed by atoms with Crippen LogP contribution in [0.15, 0.2) is 35.4 Å². The zero-order valence-electron chi connectivity index (χ0n) is 12.6. The van der Waals surface area contributed by atoms with Gasteiger partial charge in [0.05, 0.1) is 22.0 Å². The number of hydrogen-bond acceptors (Lipinski definition) is 5. The molecule has 1 aliphatic heterocycles. The number of amides is 1. The van der Waals surface area contributed by atoms with Crippen molar-refractivity contribution in [3.63, 3.8) is 0 Å². The maximum atomic E-state index is 12.6. The van der Waals surface area contributed by atoms with E-state index in [1.54, 1.807) is 38.2 Å². The average molecular weight is 333 g/mol. The number of anilines is 2. The Kier molecular flexibility index (Phi) is 3.69. The Labute approximate surface area is 133 Å². The van der Waals surface area contributed by atoms with Gasteiger partial charge < -0.3 is 10.1 Å². The number of carbonyl (C=O) groups is 1. The summed E-state index contributed by atoms with van der Waals surface area (Å²) in [5.41, 5.74) is 1.97. The standard InChI is InChI=1S/C15H15N3O4S/c1-9-6-12-13(22-8-15(19)17-12)7-14(9)23(20,21)18-11-4-3-5-16-10(11)2/h3-7,18H,8H2,1-2H3,(H,17,19). The van der Waals surface area contributed by atoms with Gasteiger partial charge in [0.25, 0.3) is 15.9 Å². The molecule has 1 aromatic carbocycles. The van der Waals surface area contributed by atoms with Crippen LogP contribution in [-0.4, -0.2) is 25.9 Å². The highest BCUT2D eigenvalue weighted by atomic mass is 32.2. The van der Waals surface area contributed by atoms with Crippen molar-refractivity contribution in [2.75, 3.05) is 16.6 Å². The lowest BCUT2D eigenvalue weighted by molar-refractivity contribution is -0.118. The van der Waals surface area contributed by atoms with Crippen molar-refractivity contribution in [2.45, 2.75) is 18.7 Å². The third-order valence-corrected chi connectivity index (χ3v) is 4.96. The minimum atomic E-state index is -3.80. The fraction of sp³-hybridized carbons (Fsp3) is 0.200. The predicted molar refractivity (Wildman–Crippen MR) is 85.1 cm³/mol. The SMILES string of the molecule is Cc1cc2c(cc1S(=O)(=O)Nc1cccnc1C)OCC(=O)N2. The summed E-state index contributed by atoms with van der Waals surface area (Å²) in [6, 6.07) is 6.29. The molecule has 0 unspecified atom stereocenters. The Morgan fingerprint density at radius 1 is 1.30 bits per heavy atom. The molecule has 0 aliphatic carbocycles. The average Bonchev–Trinajstić information content (AvgIpc) is 2.48. The van der Waals surface area contributed by atoms with Crippen LogP contribution in [0.3, 0.4) is 0 Å². The van der Waals surface area contributed by atoms with Gasteiger partial charge >= 0.3 is 0 Å². The number of ether oxygens (including phenoxy) is 1. The van der Waals surface area contributed by atoms with Crippen LogP contribution in [0.1, 0.15) is 11.3 Å². The molecule has 0 atom stereocenters. The highest BCUT2D eigenvalue weighted by Gasteiger charge is 2.24. The Hall–Kier alpha value is -2.61. The van der Waals surface area contributed by atoms with Crippen LogP contribution in [0.25, 0.3) is 0 Å². The summed E-state index contributed by atoms with van der Waals surface area (Å²) in [5, 5.41) is 2.65. The van der Waals surface area contributed by atoms with E-state index in [4.69, 9.17) is 4.74 Å². The van der Waals surface area contributed by atoms with Crippen LogP contribution < -0.4 is 14.8 Å². The van der Waals surface area contributed by atoms with Crippen molar-refractivity contribution < 1.29 is 17.9 Å². The molecular formula is C15H15N3O4S. The highest BCUT2D eigenvalue weighted by Crippen LogP contribution is 2.33. The fourth-order valence-electron chi connectivity index (χ4n) is 2.30. The normalized spacial score (nSPS) is 13.7. The maximum absolute atomic E-state index is 12.6. The van der Waals surface area contributed by atoms with Gasteiger partial charge in [-0.25, -0.2) is 8.42 Å². The van der Waals surface area contributed by atoms with Crippen molar-refractivity contribution in [3.8, 4) is 5.75 Å².